The summed E-state index contributed by atoms with van der Waals surface area (Å²) in [6, 6.07) is 4.30. The molecule has 0 spiro atoms. The average molecular weight is 300 g/mol. The number of ether oxygens (including phenoxy) is 2. The van der Waals surface area contributed by atoms with Crippen LogP contribution in [0.25, 0.3) is 6.08 Å². The van der Waals surface area contributed by atoms with Crippen molar-refractivity contribution in [2.75, 3.05) is 7.11 Å². The van der Waals surface area contributed by atoms with E-state index in [2.05, 4.69) is 58.1 Å². The van der Waals surface area contributed by atoms with E-state index in [1.165, 1.54) is 11.1 Å². The van der Waals surface area contributed by atoms with Gasteiger partial charge in [0.1, 0.15) is 17.1 Å². The highest BCUT2D eigenvalue weighted by atomic mass is 16.5. The van der Waals surface area contributed by atoms with E-state index < -0.39 is 0 Å². The third kappa shape index (κ3) is 3.94. The Hall–Kier alpha value is -1.70. The van der Waals surface area contributed by atoms with Crippen molar-refractivity contribution in [2.45, 2.75) is 59.0 Å². The number of fused-ring (bicyclic) bond motifs is 1. The number of aryl methyl sites for hydroxylation is 1. The Morgan fingerprint density at radius 3 is 2.73 bits per heavy atom. The van der Waals surface area contributed by atoms with Crippen molar-refractivity contribution in [1.82, 2.24) is 0 Å². The molecule has 0 aromatic heterocycles. The van der Waals surface area contributed by atoms with E-state index in [-0.39, 0.29) is 5.60 Å². The molecular formula is C20H28O2. The van der Waals surface area contributed by atoms with Crippen LogP contribution in [0, 0.1) is 0 Å². The van der Waals surface area contributed by atoms with Gasteiger partial charge < -0.3 is 9.47 Å². The van der Waals surface area contributed by atoms with E-state index in [4.69, 9.17) is 9.47 Å². The Kier molecular flexibility index (Phi) is 5.33. The van der Waals surface area contributed by atoms with Crippen molar-refractivity contribution in [2.24, 2.45) is 0 Å². The van der Waals surface area contributed by atoms with Gasteiger partial charge in [0.25, 0.3) is 0 Å². The van der Waals surface area contributed by atoms with Crippen LogP contribution in [0.4, 0.5) is 0 Å². The lowest BCUT2D eigenvalue weighted by atomic mass is 9.93. The van der Waals surface area contributed by atoms with Gasteiger partial charge in [-0.05, 0) is 69.9 Å². The van der Waals surface area contributed by atoms with Crippen molar-refractivity contribution in [3.8, 4) is 11.5 Å². The molecule has 0 saturated carbocycles. The maximum absolute atomic E-state index is 6.33. The molecule has 0 amide bonds. The Labute approximate surface area is 134 Å². The van der Waals surface area contributed by atoms with Crippen LogP contribution in [0.3, 0.4) is 0 Å². The zero-order valence-corrected chi connectivity index (χ0v) is 14.5. The third-order valence-corrected chi connectivity index (χ3v) is 4.06. The van der Waals surface area contributed by atoms with Gasteiger partial charge in [0.15, 0.2) is 0 Å². The van der Waals surface area contributed by atoms with Crippen molar-refractivity contribution in [3.05, 3.63) is 41.0 Å². The topological polar surface area (TPSA) is 18.5 Å². The summed E-state index contributed by atoms with van der Waals surface area (Å²) in [4.78, 5) is 0. The first-order valence-electron chi connectivity index (χ1n) is 8.20. The van der Waals surface area contributed by atoms with Gasteiger partial charge in [0.05, 0.1) is 12.7 Å². The number of methoxy groups -OCH3 is 1. The second-order valence-electron chi connectivity index (χ2n) is 6.53. The van der Waals surface area contributed by atoms with Gasteiger partial charge in [-0.2, -0.15) is 0 Å². The Balaban J connectivity index is 2.25. The molecule has 0 radical (unpaired) electrons. The van der Waals surface area contributed by atoms with E-state index in [0.717, 1.165) is 42.7 Å². The molecule has 1 atom stereocenters. The quantitative estimate of drug-likeness (QED) is 0.640. The minimum Gasteiger partial charge on any atom is -0.496 e. The molecule has 1 unspecified atom stereocenters. The van der Waals surface area contributed by atoms with Crippen LogP contribution >= 0.6 is 0 Å². The summed E-state index contributed by atoms with van der Waals surface area (Å²) >= 11 is 0. The van der Waals surface area contributed by atoms with Crippen molar-refractivity contribution in [1.29, 1.82) is 0 Å². The molecular weight excluding hydrogens is 272 g/mol. The number of hydrogen-bond donors (Lipinski definition) is 0. The van der Waals surface area contributed by atoms with Crippen molar-refractivity contribution < 1.29 is 9.47 Å². The van der Waals surface area contributed by atoms with E-state index in [0.29, 0.717) is 0 Å². The molecule has 2 rings (SSSR count). The zero-order valence-electron chi connectivity index (χ0n) is 14.5. The second kappa shape index (κ2) is 7.04. The van der Waals surface area contributed by atoms with Gasteiger partial charge in [-0.15, -0.1) is 0 Å². The Morgan fingerprint density at radius 1 is 1.32 bits per heavy atom. The van der Waals surface area contributed by atoms with Crippen molar-refractivity contribution >= 4 is 6.08 Å². The summed E-state index contributed by atoms with van der Waals surface area (Å²) in [5, 5.41) is 0. The van der Waals surface area contributed by atoms with E-state index >= 15 is 0 Å². The summed E-state index contributed by atoms with van der Waals surface area (Å²) in [7, 11) is 1.72. The average Bonchev–Trinajstić information content (AvgIpc) is 2.45. The van der Waals surface area contributed by atoms with Crippen molar-refractivity contribution in [3.63, 3.8) is 0 Å². The third-order valence-electron chi connectivity index (χ3n) is 4.06. The van der Waals surface area contributed by atoms with Gasteiger partial charge in [0.2, 0.25) is 0 Å². The largest absolute Gasteiger partial charge is 0.496 e. The predicted molar refractivity (Wildman–Crippen MR) is 93.7 cm³/mol. The van der Waals surface area contributed by atoms with Gasteiger partial charge >= 0.3 is 0 Å². The van der Waals surface area contributed by atoms with E-state index in [9.17, 15) is 0 Å². The van der Waals surface area contributed by atoms with Crippen LogP contribution < -0.4 is 9.47 Å². The second-order valence-corrected chi connectivity index (χ2v) is 6.53. The van der Waals surface area contributed by atoms with Crippen LogP contribution in [0.2, 0.25) is 0 Å². The molecule has 1 aliphatic heterocycles. The summed E-state index contributed by atoms with van der Waals surface area (Å²) in [5.41, 5.74) is 3.45. The summed E-state index contributed by atoms with van der Waals surface area (Å²) in [6.07, 6.45) is 10.8. The molecule has 22 heavy (non-hydrogen) atoms. The maximum Gasteiger partial charge on any atom is 0.131 e. The highest BCUT2D eigenvalue weighted by Gasteiger charge is 2.28. The predicted octanol–water partition coefficient (Wildman–Crippen LogP) is 5.56. The van der Waals surface area contributed by atoms with Crippen LogP contribution in [0.5, 0.6) is 11.5 Å². The molecule has 1 aromatic carbocycles. The molecule has 2 heteroatoms. The first kappa shape index (κ1) is 16.7. The molecule has 0 N–H and O–H groups in total. The highest BCUT2D eigenvalue weighted by molar-refractivity contribution is 5.68. The molecule has 0 fully saturated rings. The molecule has 1 aromatic rings. The minimum atomic E-state index is -0.241. The fourth-order valence-electron chi connectivity index (χ4n) is 2.83. The summed E-state index contributed by atoms with van der Waals surface area (Å²) in [5.74, 6) is 1.86. The molecule has 0 aliphatic carbocycles. The molecule has 1 heterocycles. The molecule has 0 saturated heterocycles. The lowest BCUT2D eigenvalue weighted by Crippen LogP contribution is -2.31. The molecule has 0 bridgehead atoms. The van der Waals surface area contributed by atoms with Crippen LogP contribution in [-0.4, -0.2) is 12.7 Å². The highest BCUT2D eigenvalue weighted by Crippen LogP contribution is 2.39. The number of rotatable bonds is 6. The first-order valence-corrected chi connectivity index (χ1v) is 8.20. The SMILES string of the molecule is CCCc1cc(OC)c2c(c1)OC(C)(CCC=C(C)C)C=C2. The summed E-state index contributed by atoms with van der Waals surface area (Å²) < 4.78 is 11.9. The molecule has 1 aliphatic rings. The number of allylic oxidation sites excluding steroid dienone is 2. The first-order chi connectivity index (χ1) is 10.5. The lowest BCUT2D eigenvalue weighted by molar-refractivity contribution is 0.128. The number of hydrogen-bond acceptors (Lipinski definition) is 2. The van der Waals surface area contributed by atoms with E-state index in [1.807, 2.05) is 0 Å². The molecule has 120 valence electrons. The molecule has 2 nitrogen and oxygen atoms in total. The van der Waals surface area contributed by atoms with Gasteiger partial charge in [-0.3, -0.25) is 0 Å². The van der Waals surface area contributed by atoms with Gasteiger partial charge in [-0.25, -0.2) is 0 Å². The van der Waals surface area contributed by atoms with Crippen LogP contribution in [0.1, 0.15) is 58.1 Å². The monoisotopic (exact) mass is 300 g/mol. The Bertz CT molecular complexity index is 580. The number of benzene rings is 1. The fourth-order valence-corrected chi connectivity index (χ4v) is 2.83. The normalized spacial score (nSPS) is 19.3. The zero-order chi connectivity index (χ0) is 16.2. The van der Waals surface area contributed by atoms with Gasteiger partial charge in [0, 0.05) is 0 Å². The standard InChI is InChI=1S/C20H28O2/c1-6-8-16-13-18(21-5)17-10-12-20(4,22-19(17)14-16)11-7-9-15(2)3/h9-10,12-14H,6-8,11H2,1-5H3. The Morgan fingerprint density at radius 2 is 2.09 bits per heavy atom. The maximum atomic E-state index is 6.33. The summed E-state index contributed by atoms with van der Waals surface area (Å²) in [6.45, 7) is 8.62. The van der Waals surface area contributed by atoms with E-state index in [1.54, 1.807) is 7.11 Å². The lowest BCUT2D eigenvalue weighted by Gasteiger charge is -2.32. The van der Waals surface area contributed by atoms with Crippen LogP contribution in [-0.2, 0) is 6.42 Å². The smallest absolute Gasteiger partial charge is 0.131 e. The minimum absolute atomic E-state index is 0.241. The fraction of sp³-hybridized carbons (Fsp3) is 0.500. The van der Waals surface area contributed by atoms with Gasteiger partial charge in [-0.1, -0.05) is 25.0 Å². The van der Waals surface area contributed by atoms with Crippen LogP contribution in [0.15, 0.2) is 29.9 Å².